The molecule has 0 saturated carbocycles. The molecule has 1 heterocycles. The summed E-state index contributed by atoms with van der Waals surface area (Å²) in [5.41, 5.74) is 1.72. The van der Waals surface area contributed by atoms with Crippen molar-refractivity contribution in [1.29, 1.82) is 0 Å². The summed E-state index contributed by atoms with van der Waals surface area (Å²) in [7, 11) is 0. The smallest absolute Gasteiger partial charge is 0.258 e. The number of amides is 1. The Kier molecular flexibility index (Phi) is 4.80. The van der Waals surface area contributed by atoms with E-state index < -0.39 is 5.82 Å². The van der Waals surface area contributed by atoms with Crippen LogP contribution in [0.1, 0.15) is 32.2 Å². The highest BCUT2D eigenvalue weighted by Gasteiger charge is 2.17. The van der Waals surface area contributed by atoms with Gasteiger partial charge >= 0.3 is 0 Å². The van der Waals surface area contributed by atoms with Crippen molar-refractivity contribution in [3.05, 3.63) is 47.5 Å². The summed E-state index contributed by atoms with van der Waals surface area (Å²) in [6.45, 7) is 6.38. The van der Waals surface area contributed by atoms with Crippen LogP contribution in [0.2, 0.25) is 0 Å². The number of nitrogens with one attached hydrogen (secondary N) is 2. The van der Waals surface area contributed by atoms with Crippen molar-refractivity contribution in [2.24, 2.45) is 0 Å². The summed E-state index contributed by atoms with van der Waals surface area (Å²) >= 11 is 0. The number of aromatic amines is 1. The number of benzene rings is 1. The fourth-order valence-electron chi connectivity index (χ4n) is 1.79. The van der Waals surface area contributed by atoms with Gasteiger partial charge in [-0.1, -0.05) is 26.8 Å². The maximum Gasteiger partial charge on any atom is 0.258 e. The van der Waals surface area contributed by atoms with E-state index in [0.717, 1.165) is 11.4 Å². The van der Waals surface area contributed by atoms with Gasteiger partial charge < -0.3 is 10.1 Å². The average molecular weight is 305 g/mol. The zero-order chi connectivity index (χ0) is 16.2. The number of aromatic nitrogens is 2. The van der Waals surface area contributed by atoms with Crippen LogP contribution in [0.5, 0.6) is 5.75 Å². The van der Waals surface area contributed by atoms with Gasteiger partial charge in [0.2, 0.25) is 0 Å². The summed E-state index contributed by atoms with van der Waals surface area (Å²) in [5, 5.41) is 9.83. The van der Waals surface area contributed by atoms with Gasteiger partial charge in [0.25, 0.3) is 5.91 Å². The molecule has 1 aromatic carbocycles. The quantitative estimate of drug-likeness (QED) is 0.892. The third kappa shape index (κ3) is 4.58. The summed E-state index contributed by atoms with van der Waals surface area (Å²) in [5.74, 6) is -0.354. The Morgan fingerprint density at radius 2 is 2.14 bits per heavy atom. The fraction of sp³-hybridized carbons (Fsp3) is 0.375. The molecule has 0 aliphatic rings. The minimum absolute atomic E-state index is 0.0424. The SMILES string of the molecule is CC(C)(C)c1cc(CNC(=O)COc2cccc(F)c2)[nH]n1. The van der Waals surface area contributed by atoms with E-state index in [4.69, 9.17) is 4.74 Å². The van der Waals surface area contributed by atoms with Gasteiger partial charge in [-0.15, -0.1) is 0 Å². The predicted molar refractivity (Wildman–Crippen MR) is 81.0 cm³/mol. The zero-order valence-corrected chi connectivity index (χ0v) is 12.9. The Hall–Kier alpha value is -2.37. The van der Waals surface area contributed by atoms with Gasteiger partial charge in [-0.05, 0) is 18.2 Å². The Morgan fingerprint density at radius 3 is 2.77 bits per heavy atom. The lowest BCUT2D eigenvalue weighted by atomic mass is 9.92. The average Bonchev–Trinajstić information content (AvgIpc) is 2.92. The van der Waals surface area contributed by atoms with E-state index in [2.05, 4.69) is 36.3 Å². The summed E-state index contributed by atoms with van der Waals surface area (Å²) < 4.78 is 18.2. The Balaban J connectivity index is 1.79. The second kappa shape index (κ2) is 6.60. The van der Waals surface area contributed by atoms with Crippen LogP contribution in [0.4, 0.5) is 4.39 Å². The molecular weight excluding hydrogens is 285 g/mol. The number of nitrogens with zero attached hydrogens (tertiary/aromatic N) is 1. The first kappa shape index (κ1) is 16.0. The standard InChI is InChI=1S/C16H20FN3O2/c1-16(2,3)14-8-12(19-20-14)9-18-15(21)10-22-13-6-4-5-11(17)7-13/h4-8H,9-10H2,1-3H3,(H,18,21)(H,19,20). The van der Waals surface area contributed by atoms with E-state index in [1.807, 2.05) is 6.07 Å². The van der Waals surface area contributed by atoms with Gasteiger partial charge in [-0.3, -0.25) is 9.89 Å². The molecular formula is C16H20FN3O2. The van der Waals surface area contributed by atoms with Crippen molar-refractivity contribution in [2.45, 2.75) is 32.7 Å². The molecule has 1 amide bonds. The van der Waals surface area contributed by atoms with Gasteiger partial charge in [-0.25, -0.2) is 4.39 Å². The minimum Gasteiger partial charge on any atom is -0.484 e. The Bertz CT molecular complexity index is 647. The fourth-order valence-corrected chi connectivity index (χ4v) is 1.79. The third-order valence-electron chi connectivity index (χ3n) is 3.04. The van der Waals surface area contributed by atoms with Crippen LogP contribution in [-0.4, -0.2) is 22.7 Å². The molecule has 0 bridgehead atoms. The molecule has 0 radical (unpaired) electrons. The monoisotopic (exact) mass is 305 g/mol. The zero-order valence-electron chi connectivity index (χ0n) is 12.9. The minimum atomic E-state index is -0.398. The molecule has 2 N–H and O–H groups in total. The van der Waals surface area contributed by atoms with E-state index in [0.29, 0.717) is 12.3 Å². The van der Waals surface area contributed by atoms with Crippen molar-refractivity contribution in [2.75, 3.05) is 6.61 Å². The maximum absolute atomic E-state index is 13.0. The normalized spacial score (nSPS) is 11.3. The lowest BCUT2D eigenvalue weighted by Gasteiger charge is -2.13. The highest BCUT2D eigenvalue weighted by molar-refractivity contribution is 5.77. The number of carbonyl (C=O) groups is 1. The van der Waals surface area contributed by atoms with Crippen LogP contribution in [0.15, 0.2) is 30.3 Å². The Labute approximate surface area is 128 Å². The topological polar surface area (TPSA) is 67.0 Å². The third-order valence-corrected chi connectivity index (χ3v) is 3.04. The van der Waals surface area contributed by atoms with Crippen LogP contribution in [0, 0.1) is 5.82 Å². The second-order valence-corrected chi connectivity index (χ2v) is 6.05. The van der Waals surface area contributed by atoms with Gasteiger partial charge in [0, 0.05) is 11.5 Å². The molecule has 0 spiro atoms. The Morgan fingerprint density at radius 1 is 1.36 bits per heavy atom. The van der Waals surface area contributed by atoms with Crippen LogP contribution >= 0.6 is 0 Å². The van der Waals surface area contributed by atoms with E-state index in [9.17, 15) is 9.18 Å². The first-order valence-electron chi connectivity index (χ1n) is 7.04. The number of H-pyrrole nitrogens is 1. The van der Waals surface area contributed by atoms with E-state index in [-0.39, 0.29) is 17.9 Å². The molecule has 0 saturated heterocycles. The van der Waals surface area contributed by atoms with E-state index in [1.54, 1.807) is 6.07 Å². The number of rotatable bonds is 5. The molecule has 118 valence electrons. The molecule has 0 aliphatic heterocycles. The van der Waals surface area contributed by atoms with Gasteiger partial charge in [0.05, 0.1) is 17.9 Å². The van der Waals surface area contributed by atoms with Crippen LogP contribution in [-0.2, 0) is 16.8 Å². The first-order chi connectivity index (χ1) is 10.3. The lowest BCUT2D eigenvalue weighted by Crippen LogP contribution is -2.28. The van der Waals surface area contributed by atoms with Crippen LogP contribution in [0.25, 0.3) is 0 Å². The molecule has 0 fully saturated rings. The molecule has 0 aliphatic carbocycles. The van der Waals surface area contributed by atoms with Crippen LogP contribution < -0.4 is 10.1 Å². The highest BCUT2D eigenvalue weighted by atomic mass is 19.1. The van der Waals surface area contributed by atoms with Crippen molar-refractivity contribution in [3.63, 3.8) is 0 Å². The number of hydrogen-bond acceptors (Lipinski definition) is 3. The molecule has 2 rings (SSSR count). The molecule has 2 aromatic rings. The van der Waals surface area contributed by atoms with Gasteiger partial charge in [0.1, 0.15) is 11.6 Å². The maximum atomic E-state index is 13.0. The molecule has 0 atom stereocenters. The van der Waals surface area contributed by atoms with Gasteiger partial charge in [0.15, 0.2) is 6.61 Å². The number of hydrogen-bond donors (Lipinski definition) is 2. The summed E-state index contributed by atoms with van der Waals surface area (Å²) in [6, 6.07) is 7.60. The summed E-state index contributed by atoms with van der Waals surface area (Å²) in [4.78, 5) is 11.7. The molecule has 0 unspecified atom stereocenters. The number of halogens is 1. The molecule has 5 nitrogen and oxygen atoms in total. The van der Waals surface area contributed by atoms with Crippen molar-refractivity contribution < 1.29 is 13.9 Å². The number of carbonyl (C=O) groups excluding carboxylic acids is 1. The number of ether oxygens (including phenoxy) is 1. The first-order valence-corrected chi connectivity index (χ1v) is 7.04. The second-order valence-electron chi connectivity index (χ2n) is 6.05. The largest absolute Gasteiger partial charge is 0.484 e. The van der Waals surface area contributed by atoms with Crippen molar-refractivity contribution >= 4 is 5.91 Å². The van der Waals surface area contributed by atoms with Crippen molar-refractivity contribution in [1.82, 2.24) is 15.5 Å². The van der Waals surface area contributed by atoms with Gasteiger partial charge in [-0.2, -0.15) is 5.10 Å². The van der Waals surface area contributed by atoms with Crippen LogP contribution in [0.3, 0.4) is 0 Å². The molecule has 1 aromatic heterocycles. The summed E-state index contributed by atoms with van der Waals surface area (Å²) in [6.07, 6.45) is 0. The van der Waals surface area contributed by atoms with E-state index in [1.165, 1.54) is 18.2 Å². The molecule has 22 heavy (non-hydrogen) atoms. The van der Waals surface area contributed by atoms with Crippen molar-refractivity contribution in [3.8, 4) is 5.75 Å². The molecule has 6 heteroatoms. The lowest BCUT2D eigenvalue weighted by molar-refractivity contribution is -0.123. The highest BCUT2D eigenvalue weighted by Crippen LogP contribution is 2.20. The van der Waals surface area contributed by atoms with E-state index >= 15 is 0 Å². The predicted octanol–water partition coefficient (Wildman–Crippen LogP) is 2.54.